The fraction of sp³-hybridized carbons (Fsp3) is 0.370. The number of fused-ring (bicyclic) bond motifs is 1. The Hall–Kier alpha value is -7.13. The summed E-state index contributed by atoms with van der Waals surface area (Å²) in [6.07, 6.45) is -15.8. The number of imidazole rings is 1. The first kappa shape index (κ1) is 61.9. The summed E-state index contributed by atoms with van der Waals surface area (Å²) in [5.74, 6) is -4.24. The van der Waals surface area contributed by atoms with Gasteiger partial charge in [0.15, 0.2) is 53.8 Å². The lowest BCUT2D eigenvalue weighted by atomic mass is 9.77. The molecule has 442 valence electrons. The Labute approximate surface area is 479 Å². The summed E-state index contributed by atoms with van der Waals surface area (Å²) >= 11 is 5.14. The molecule has 0 bridgehead atoms. The maximum Gasteiger partial charge on any atom is 0.481 e. The van der Waals surface area contributed by atoms with Crippen LogP contribution in [-0.4, -0.2) is 135 Å². The normalized spacial score (nSPS) is 23.4. The number of rotatable bonds is 24. The third-order valence-electron chi connectivity index (χ3n) is 12.8. The van der Waals surface area contributed by atoms with Crippen molar-refractivity contribution in [3.8, 4) is 5.75 Å². The van der Waals surface area contributed by atoms with E-state index in [4.69, 9.17) is 72.8 Å². The molecule has 2 aliphatic rings. The number of methoxy groups -OCH3 is 1. The quantitative estimate of drug-likeness (QED) is 0.0254. The molecule has 3 N–H and O–H groups in total. The summed E-state index contributed by atoms with van der Waals surface area (Å²) in [5, 5.41) is 3.70. The van der Waals surface area contributed by atoms with Crippen LogP contribution in [0.1, 0.15) is 63.1 Å². The second kappa shape index (κ2) is 27.1. The number of benzene rings is 4. The van der Waals surface area contributed by atoms with Crippen LogP contribution in [-0.2, 0) is 104 Å². The van der Waals surface area contributed by atoms with Gasteiger partial charge < -0.3 is 62.3 Å². The van der Waals surface area contributed by atoms with Gasteiger partial charge in [-0.1, -0.05) is 103 Å². The zero-order valence-corrected chi connectivity index (χ0v) is 47.8. The number of esters is 5. The van der Waals surface area contributed by atoms with E-state index in [1.165, 1.54) is 24.3 Å². The lowest BCUT2D eigenvalue weighted by Crippen LogP contribution is -2.65. The Balaban J connectivity index is 1.08. The molecule has 0 amide bonds. The lowest BCUT2D eigenvalue weighted by Gasteiger charge is -2.45. The third-order valence-corrected chi connectivity index (χ3v) is 16.4. The number of phosphoric acid groups is 1. The first-order valence-corrected chi connectivity index (χ1v) is 29.5. The summed E-state index contributed by atoms with van der Waals surface area (Å²) in [6, 6.07) is 36.0. The van der Waals surface area contributed by atoms with Crippen LogP contribution in [0.15, 0.2) is 128 Å². The Kier molecular flexibility index (Phi) is 20.2. The van der Waals surface area contributed by atoms with E-state index in [-0.39, 0.29) is 23.6 Å². The number of ether oxygens (including phenoxy) is 9. The average Bonchev–Trinajstić information content (AvgIpc) is 4.13. The Morgan fingerprint density at radius 3 is 1.84 bits per heavy atom. The monoisotopic (exact) mass is 1210 g/mol. The number of hydrogen-bond donors (Lipinski definition) is 3. The number of phosphoric ester groups is 1. The van der Waals surface area contributed by atoms with Gasteiger partial charge in [-0.25, -0.2) is 28.2 Å². The van der Waals surface area contributed by atoms with E-state index >= 15 is 4.39 Å². The summed E-state index contributed by atoms with van der Waals surface area (Å²) in [6.45, 7) is -2.23. The molecule has 0 saturated carbocycles. The maximum absolute atomic E-state index is 17.2. The lowest BCUT2D eigenvalue weighted by molar-refractivity contribution is -0.301. The molecule has 2 aliphatic heterocycles. The van der Waals surface area contributed by atoms with Gasteiger partial charge in [-0.05, 0) is 46.2 Å². The van der Waals surface area contributed by atoms with Crippen molar-refractivity contribution in [3.05, 3.63) is 150 Å². The van der Waals surface area contributed by atoms with Gasteiger partial charge in [0.25, 0.3) is 0 Å². The van der Waals surface area contributed by atoms with E-state index in [0.29, 0.717) is 11.3 Å². The molecule has 0 aliphatic carbocycles. The van der Waals surface area contributed by atoms with Gasteiger partial charge in [0.2, 0.25) is 6.29 Å². The van der Waals surface area contributed by atoms with Crippen LogP contribution >= 0.6 is 14.5 Å². The van der Waals surface area contributed by atoms with Crippen molar-refractivity contribution >= 4 is 73.2 Å². The molecule has 0 spiro atoms. The van der Waals surface area contributed by atoms with Crippen LogP contribution in [0.3, 0.4) is 0 Å². The van der Waals surface area contributed by atoms with Crippen molar-refractivity contribution in [3.63, 3.8) is 0 Å². The molecule has 2 fully saturated rings. The van der Waals surface area contributed by atoms with Crippen LogP contribution < -0.4 is 10.1 Å². The number of aromatic nitrogens is 4. The highest BCUT2D eigenvalue weighted by molar-refractivity contribution is 8.08. The fourth-order valence-electron chi connectivity index (χ4n) is 9.50. The van der Waals surface area contributed by atoms with Crippen molar-refractivity contribution in [1.82, 2.24) is 19.5 Å². The molecule has 0 radical (unpaired) electrons. The number of nitrogens with one attached hydrogen (secondary N) is 1. The van der Waals surface area contributed by atoms with Gasteiger partial charge >= 0.3 is 44.4 Å². The maximum atomic E-state index is 17.2. The number of carbonyl (C=O) groups is 5. The van der Waals surface area contributed by atoms with Crippen LogP contribution in [0.2, 0.25) is 0 Å². The smallest absolute Gasteiger partial charge is 0.481 e. The molecule has 2 aromatic heterocycles. The second-order valence-corrected chi connectivity index (χ2v) is 23.1. The summed E-state index contributed by atoms with van der Waals surface area (Å²) < 4.78 is 98.5. The zero-order valence-electron chi connectivity index (χ0n) is 45.2. The van der Waals surface area contributed by atoms with Gasteiger partial charge in [0, 0.05) is 34.6 Å². The minimum absolute atomic E-state index is 0.152. The van der Waals surface area contributed by atoms with E-state index in [0.717, 1.165) is 51.3 Å². The second-order valence-electron chi connectivity index (χ2n) is 18.7. The SMILES string of the molecule is COc1ccc(CO[C@@H]2[C@H](F)[C@@H](COP(O)(=S)OP(=O)(O)O[C@@H]3O[C@H]([C@@H](COC(C)=O)OC(C)=O)[C@@H](OC(C)=O)[C@H](OC(C)=O)[C@@H]3OC(C)=O)O[C@H]2n2cnc3c(NC(c4ccccc4)(c4ccccc4)c4ccccc4)ncnc32)cc1. The van der Waals surface area contributed by atoms with E-state index in [9.17, 15) is 38.3 Å². The number of carbonyl (C=O) groups excluding carboxylic acids is 5. The molecule has 6 aromatic rings. The van der Waals surface area contributed by atoms with E-state index in [2.05, 4.69) is 15.3 Å². The molecule has 25 nitrogen and oxygen atoms in total. The Bertz CT molecular complexity index is 3240. The third kappa shape index (κ3) is 15.2. The molecule has 8 rings (SSSR count). The molecular weight excluding hydrogens is 1150 g/mol. The number of hydrogen-bond acceptors (Lipinski definition) is 23. The van der Waals surface area contributed by atoms with Crippen molar-refractivity contribution in [2.75, 3.05) is 25.6 Å². The highest BCUT2D eigenvalue weighted by atomic mass is 32.5. The highest BCUT2D eigenvalue weighted by Gasteiger charge is 2.58. The minimum Gasteiger partial charge on any atom is -0.497 e. The standard InChI is InChI=1S/C54H58FN5O20P2S/c1-31(61)70-27-42(73-32(2)62)45-47(74-33(3)63)48(75-34(4)64)49(76-35(5)65)53(78-45)79-81(66,67)80-82(68,83)72-28-41-43(55)46(71-26-36-22-24-40(69-6)25-23-36)52(77-41)60-30-58-44-50(56-29-57-51(44)60)59-54(37-16-10-7-11-17-37,38-18-12-8-13-19-38)39-20-14-9-15-21-39/h7-25,29-30,41-43,45-49,52-53H,26-28H2,1-6H3,(H,66,67)(H,68,83)(H,56,57,59)/t41-,42-,43-,45-,46-,47-,48+,49+,52-,53+,82?/m1/s1. The summed E-state index contributed by atoms with van der Waals surface area (Å²) in [4.78, 5) is 98.2. The highest BCUT2D eigenvalue weighted by Crippen LogP contribution is 2.62. The topological polar surface area (TPSA) is 309 Å². The van der Waals surface area contributed by atoms with Crippen molar-refractivity contribution in [1.29, 1.82) is 0 Å². The van der Waals surface area contributed by atoms with E-state index in [1.54, 1.807) is 24.3 Å². The Morgan fingerprint density at radius 2 is 1.30 bits per heavy atom. The van der Waals surface area contributed by atoms with Gasteiger partial charge in [-0.2, -0.15) is 0 Å². The predicted octanol–water partition coefficient (Wildman–Crippen LogP) is 6.44. The number of halogens is 1. The number of alkyl halides is 1. The molecular formula is C54H58FN5O20P2S. The fourth-order valence-corrected chi connectivity index (χ4v) is 12.6. The first-order chi connectivity index (χ1) is 39.6. The molecule has 4 aromatic carbocycles. The molecule has 2 saturated heterocycles. The molecule has 29 heteroatoms. The van der Waals surface area contributed by atoms with Crippen molar-refractivity contribution in [2.45, 2.75) is 108 Å². The van der Waals surface area contributed by atoms with Gasteiger partial charge in [-0.3, -0.25) is 33.1 Å². The van der Waals surface area contributed by atoms with Crippen LogP contribution in [0.25, 0.3) is 11.2 Å². The molecule has 4 heterocycles. The zero-order chi connectivity index (χ0) is 59.6. The van der Waals surface area contributed by atoms with Crippen molar-refractivity contribution in [2.24, 2.45) is 0 Å². The van der Waals surface area contributed by atoms with Gasteiger partial charge in [0.1, 0.15) is 42.5 Å². The van der Waals surface area contributed by atoms with Crippen LogP contribution in [0, 0.1) is 0 Å². The summed E-state index contributed by atoms with van der Waals surface area (Å²) in [5.41, 5.74) is 2.58. The predicted molar refractivity (Wildman–Crippen MR) is 290 cm³/mol. The van der Waals surface area contributed by atoms with Gasteiger partial charge in [-0.15, -0.1) is 0 Å². The van der Waals surface area contributed by atoms with Gasteiger partial charge in [0.05, 0.1) is 26.7 Å². The average molecular weight is 1210 g/mol. The minimum atomic E-state index is -5.87. The number of nitrogens with zero attached hydrogens (tertiary/aromatic N) is 4. The van der Waals surface area contributed by atoms with Crippen molar-refractivity contribution < 1.29 is 98.7 Å². The van der Waals surface area contributed by atoms with Crippen LogP contribution in [0.4, 0.5) is 10.2 Å². The Morgan fingerprint density at radius 1 is 0.735 bits per heavy atom. The van der Waals surface area contributed by atoms with E-state index < -0.39 is 125 Å². The number of anilines is 1. The first-order valence-electron chi connectivity index (χ1n) is 25.4. The van der Waals surface area contributed by atoms with Crippen LogP contribution in [0.5, 0.6) is 5.75 Å². The molecule has 2 unspecified atom stereocenters. The molecule has 83 heavy (non-hydrogen) atoms. The summed E-state index contributed by atoms with van der Waals surface area (Å²) in [7, 11) is -4.37. The van der Waals surface area contributed by atoms with E-state index in [1.807, 2.05) is 91.0 Å². The molecule has 12 atom stereocenters. The largest absolute Gasteiger partial charge is 0.497 e.